The van der Waals surface area contributed by atoms with E-state index >= 15 is 0 Å². The number of alkyl halides is 5. The van der Waals surface area contributed by atoms with E-state index in [1.54, 1.807) is 5.43 Å². The summed E-state index contributed by atoms with van der Waals surface area (Å²) in [6.45, 7) is -4.08. The Kier molecular flexibility index (Phi) is 8.12. The number of carbonyl (C=O) groups is 1. The third kappa shape index (κ3) is 8.21. The maximum absolute atomic E-state index is 12.7. The minimum atomic E-state index is -5.88. The zero-order chi connectivity index (χ0) is 20.8. The van der Waals surface area contributed by atoms with E-state index in [4.69, 9.17) is 5.84 Å². The molecule has 0 aliphatic rings. The van der Waals surface area contributed by atoms with Gasteiger partial charge in [0, 0.05) is 0 Å². The summed E-state index contributed by atoms with van der Waals surface area (Å²) < 4.78 is 87.2. The van der Waals surface area contributed by atoms with Crippen molar-refractivity contribution in [3.63, 3.8) is 0 Å². The number of nitro groups is 1. The lowest BCUT2D eigenvalue weighted by molar-refractivity contribution is -0.433. The summed E-state index contributed by atoms with van der Waals surface area (Å²) in [6, 6.07) is 0. The smallest absolute Gasteiger partial charge is 0.371 e. The van der Waals surface area contributed by atoms with E-state index in [9.17, 15) is 45.3 Å². The molecule has 0 saturated heterocycles. The number of hydrogen-bond donors (Lipinski definition) is 4. The fourth-order valence-electron chi connectivity index (χ4n) is 1.18. The molecular weight excluding hydrogens is 401 g/mol. The highest BCUT2D eigenvalue weighted by molar-refractivity contribution is 7.85. The summed E-state index contributed by atoms with van der Waals surface area (Å²) in [5, 5.41) is 14.0. The lowest BCUT2D eigenvalue weighted by Gasteiger charge is -2.20. The largest absolute Gasteiger partial charge is 0.455 e. The number of halogens is 5. The van der Waals surface area contributed by atoms with Crippen molar-refractivity contribution < 1.29 is 44.3 Å². The molecule has 0 aromatic rings. The van der Waals surface area contributed by atoms with Gasteiger partial charge in [0.1, 0.15) is 12.3 Å². The van der Waals surface area contributed by atoms with E-state index in [0.717, 1.165) is 0 Å². The molecule has 11 nitrogen and oxygen atoms in total. The third-order valence-electron chi connectivity index (χ3n) is 2.41. The second kappa shape index (κ2) is 8.90. The van der Waals surface area contributed by atoms with Gasteiger partial charge < -0.3 is 20.7 Å². The molecule has 0 aliphatic heterocycles. The number of nitrogens with zero attached hydrogens (tertiary/aromatic N) is 1. The molecule has 0 heterocycles. The SMILES string of the molecule is CS(=O)(=O)OC/C(NCC(=O)NCC(F)(F)C(F)(F)F)=C(/NN)[N+](=O)[O-]. The monoisotopic (exact) mass is 415 g/mol. The summed E-state index contributed by atoms with van der Waals surface area (Å²) in [7, 11) is -4.06. The summed E-state index contributed by atoms with van der Waals surface area (Å²) in [6.07, 6.45) is -5.28. The second-order valence-corrected chi connectivity index (χ2v) is 6.17. The summed E-state index contributed by atoms with van der Waals surface area (Å²) in [5.74, 6) is -2.75. The van der Waals surface area contributed by atoms with Gasteiger partial charge >= 0.3 is 17.9 Å². The minimum Gasteiger partial charge on any atom is -0.371 e. The highest BCUT2D eigenvalue weighted by Crippen LogP contribution is 2.34. The van der Waals surface area contributed by atoms with Crippen LogP contribution in [0.5, 0.6) is 0 Å². The van der Waals surface area contributed by atoms with Crippen LogP contribution >= 0.6 is 0 Å². The van der Waals surface area contributed by atoms with E-state index in [2.05, 4.69) is 4.18 Å². The Morgan fingerprint density at radius 3 is 2.15 bits per heavy atom. The molecule has 0 atom stereocenters. The van der Waals surface area contributed by atoms with Crippen LogP contribution in [0.4, 0.5) is 22.0 Å². The van der Waals surface area contributed by atoms with Crippen molar-refractivity contribution in [2.75, 3.05) is 26.0 Å². The predicted octanol–water partition coefficient (Wildman–Crippen LogP) is -1.22. The van der Waals surface area contributed by atoms with E-state index in [0.29, 0.717) is 6.26 Å². The van der Waals surface area contributed by atoms with Crippen LogP contribution in [0, 0.1) is 10.1 Å². The Morgan fingerprint density at radius 1 is 1.23 bits per heavy atom. The van der Waals surface area contributed by atoms with Crippen molar-refractivity contribution in [1.29, 1.82) is 0 Å². The first-order valence-corrected chi connectivity index (χ1v) is 8.06. The molecule has 26 heavy (non-hydrogen) atoms. The molecule has 0 aromatic carbocycles. The molecule has 0 radical (unpaired) electrons. The zero-order valence-corrected chi connectivity index (χ0v) is 13.7. The van der Waals surface area contributed by atoms with E-state index in [1.165, 1.54) is 5.32 Å². The fraction of sp³-hybridized carbons (Fsp3) is 0.667. The van der Waals surface area contributed by atoms with Gasteiger partial charge in [-0.1, -0.05) is 0 Å². The highest BCUT2D eigenvalue weighted by Gasteiger charge is 2.57. The zero-order valence-electron chi connectivity index (χ0n) is 12.9. The van der Waals surface area contributed by atoms with Crippen LogP contribution in [-0.2, 0) is 19.1 Å². The van der Waals surface area contributed by atoms with Crippen LogP contribution in [0.15, 0.2) is 11.5 Å². The molecule has 0 saturated carbocycles. The van der Waals surface area contributed by atoms with Gasteiger partial charge in [-0.05, 0) is 4.92 Å². The Labute approximate surface area is 143 Å². The number of nitrogens with two attached hydrogens (primary N) is 1. The van der Waals surface area contributed by atoms with Gasteiger partial charge in [0.05, 0.1) is 19.3 Å². The van der Waals surface area contributed by atoms with Crippen molar-refractivity contribution >= 4 is 16.0 Å². The van der Waals surface area contributed by atoms with Crippen LogP contribution in [0.25, 0.3) is 0 Å². The first-order valence-electron chi connectivity index (χ1n) is 6.24. The number of nitrogens with one attached hydrogen (secondary N) is 3. The van der Waals surface area contributed by atoms with Crippen LogP contribution < -0.4 is 21.9 Å². The van der Waals surface area contributed by atoms with Gasteiger partial charge in [0.15, 0.2) is 0 Å². The molecular formula is C9H14F5N5O6S. The highest BCUT2D eigenvalue weighted by atomic mass is 32.2. The molecule has 0 aromatic heterocycles. The van der Waals surface area contributed by atoms with E-state index < -0.39 is 64.3 Å². The Balaban J connectivity index is 4.99. The molecule has 152 valence electrons. The van der Waals surface area contributed by atoms with Crippen LogP contribution in [0.2, 0.25) is 0 Å². The van der Waals surface area contributed by atoms with Gasteiger partial charge in [0.25, 0.3) is 10.1 Å². The fourth-order valence-corrected chi connectivity index (χ4v) is 1.51. The van der Waals surface area contributed by atoms with Gasteiger partial charge in [0.2, 0.25) is 5.91 Å². The van der Waals surface area contributed by atoms with Gasteiger partial charge in [-0.25, -0.2) is 0 Å². The summed E-state index contributed by atoms with van der Waals surface area (Å²) >= 11 is 0. The Bertz CT molecular complexity index is 664. The van der Waals surface area contributed by atoms with Crippen molar-refractivity contribution in [3.05, 3.63) is 21.6 Å². The van der Waals surface area contributed by atoms with E-state index in [-0.39, 0.29) is 0 Å². The van der Waals surface area contributed by atoms with Gasteiger partial charge in [-0.3, -0.25) is 8.98 Å². The average Bonchev–Trinajstić information content (AvgIpc) is 2.45. The minimum absolute atomic E-state index is 0.609. The number of hydrogen-bond acceptors (Lipinski definition) is 9. The average molecular weight is 415 g/mol. The molecule has 0 rings (SSSR count). The molecule has 1 amide bonds. The predicted molar refractivity (Wildman–Crippen MR) is 74.2 cm³/mol. The van der Waals surface area contributed by atoms with Crippen LogP contribution in [-0.4, -0.2) is 57.3 Å². The number of amides is 1. The van der Waals surface area contributed by atoms with Crippen molar-refractivity contribution in [3.8, 4) is 0 Å². The molecule has 0 unspecified atom stereocenters. The first-order chi connectivity index (χ1) is 11.6. The molecule has 0 aliphatic carbocycles. The number of hydrazine groups is 1. The third-order valence-corrected chi connectivity index (χ3v) is 2.95. The Hall–Kier alpha value is -2.27. The lowest BCUT2D eigenvalue weighted by atomic mass is 10.3. The van der Waals surface area contributed by atoms with Gasteiger partial charge in [-0.15, -0.1) is 0 Å². The van der Waals surface area contributed by atoms with Gasteiger partial charge in [-0.2, -0.15) is 41.6 Å². The first kappa shape index (κ1) is 23.7. The maximum Gasteiger partial charge on any atom is 0.455 e. The van der Waals surface area contributed by atoms with Crippen LogP contribution in [0.1, 0.15) is 0 Å². The molecule has 17 heteroatoms. The maximum atomic E-state index is 12.7. The second-order valence-electron chi connectivity index (χ2n) is 4.53. The van der Waals surface area contributed by atoms with Crippen LogP contribution in [0.3, 0.4) is 0 Å². The topological polar surface area (TPSA) is 166 Å². The summed E-state index contributed by atoms with van der Waals surface area (Å²) in [4.78, 5) is 20.9. The van der Waals surface area contributed by atoms with Crippen molar-refractivity contribution in [2.45, 2.75) is 12.1 Å². The molecule has 0 fully saturated rings. The summed E-state index contributed by atoms with van der Waals surface area (Å²) in [5.41, 5.74) is 0.901. The van der Waals surface area contributed by atoms with Crippen molar-refractivity contribution in [1.82, 2.24) is 16.1 Å². The Morgan fingerprint density at radius 2 is 1.77 bits per heavy atom. The number of rotatable bonds is 10. The molecule has 0 bridgehead atoms. The molecule has 5 N–H and O–H groups in total. The van der Waals surface area contributed by atoms with Crippen molar-refractivity contribution in [2.24, 2.45) is 5.84 Å². The van der Waals surface area contributed by atoms with E-state index in [1.807, 2.05) is 5.32 Å². The molecule has 0 spiro atoms. The lowest BCUT2D eigenvalue weighted by Crippen LogP contribution is -2.48. The standard InChI is InChI=1S/C9H14F5N5O6S/c1-26(23,24)25-3-5(7(18-15)19(21)22)16-2-6(20)17-4-8(10,11)9(12,13)14/h16,18H,2-4,15H2,1H3,(H,17,20)/b7-5+. The quantitative estimate of drug-likeness (QED) is 0.112. The normalized spacial score (nSPS) is 13.7. The number of carbonyl (C=O) groups excluding carboxylic acids is 1.